The zero-order valence-corrected chi connectivity index (χ0v) is 10.8. The van der Waals surface area contributed by atoms with Gasteiger partial charge >= 0.3 is 0 Å². The molecule has 17 heavy (non-hydrogen) atoms. The molecule has 4 nitrogen and oxygen atoms in total. The predicted octanol–water partition coefficient (Wildman–Crippen LogP) is 1.53. The summed E-state index contributed by atoms with van der Waals surface area (Å²) in [6.45, 7) is 2.92. The number of nitrogens with two attached hydrogens (primary N) is 1. The summed E-state index contributed by atoms with van der Waals surface area (Å²) in [4.78, 5) is 11.1. The SMILES string of the molecule is CC(CCN)N(C)c1ncnc2c1CCCC2. The fourth-order valence-electron chi connectivity index (χ4n) is 2.45. The maximum Gasteiger partial charge on any atom is 0.135 e. The van der Waals surface area contributed by atoms with Crippen molar-refractivity contribution in [3.8, 4) is 0 Å². The molecule has 0 saturated heterocycles. The second-order valence-electron chi connectivity index (χ2n) is 4.87. The van der Waals surface area contributed by atoms with E-state index in [2.05, 4.69) is 28.8 Å². The van der Waals surface area contributed by atoms with Crippen LogP contribution in [0.2, 0.25) is 0 Å². The molecule has 1 aromatic heterocycles. The molecule has 94 valence electrons. The van der Waals surface area contributed by atoms with Crippen molar-refractivity contribution in [1.82, 2.24) is 9.97 Å². The van der Waals surface area contributed by atoms with Gasteiger partial charge in [0.15, 0.2) is 0 Å². The van der Waals surface area contributed by atoms with Crippen molar-refractivity contribution in [2.45, 2.75) is 45.1 Å². The molecule has 0 aromatic carbocycles. The lowest BCUT2D eigenvalue weighted by molar-refractivity contribution is 0.611. The molecule has 0 amide bonds. The van der Waals surface area contributed by atoms with Crippen LogP contribution in [0.4, 0.5) is 5.82 Å². The summed E-state index contributed by atoms with van der Waals surface area (Å²) in [6, 6.07) is 0.431. The van der Waals surface area contributed by atoms with Crippen LogP contribution in [-0.2, 0) is 12.8 Å². The fourth-order valence-corrected chi connectivity index (χ4v) is 2.45. The molecule has 1 heterocycles. The first-order chi connectivity index (χ1) is 8.24. The quantitative estimate of drug-likeness (QED) is 0.858. The molecule has 2 rings (SSSR count). The Kier molecular flexibility index (Phi) is 3.94. The molecule has 4 heteroatoms. The maximum atomic E-state index is 5.62. The van der Waals surface area contributed by atoms with Crippen molar-refractivity contribution in [1.29, 1.82) is 0 Å². The van der Waals surface area contributed by atoms with Crippen molar-refractivity contribution in [2.75, 3.05) is 18.5 Å². The topological polar surface area (TPSA) is 55.0 Å². The lowest BCUT2D eigenvalue weighted by Gasteiger charge is -2.29. The molecule has 1 unspecified atom stereocenters. The predicted molar refractivity (Wildman–Crippen MR) is 70.2 cm³/mol. The highest BCUT2D eigenvalue weighted by atomic mass is 15.2. The van der Waals surface area contributed by atoms with Crippen LogP contribution in [0.1, 0.15) is 37.4 Å². The summed E-state index contributed by atoms with van der Waals surface area (Å²) < 4.78 is 0. The zero-order chi connectivity index (χ0) is 12.3. The second kappa shape index (κ2) is 5.45. The maximum absolute atomic E-state index is 5.62. The van der Waals surface area contributed by atoms with Gasteiger partial charge in [0.05, 0.1) is 0 Å². The van der Waals surface area contributed by atoms with E-state index in [-0.39, 0.29) is 0 Å². The third-order valence-corrected chi connectivity index (χ3v) is 3.68. The van der Waals surface area contributed by atoms with E-state index in [0.29, 0.717) is 6.04 Å². The summed E-state index contributed by atoms with van der Waals surface area (Å²) in [5.41, 5.74) is 8.22. The van der Waals surface area contributed by atoms with Gasteiger partial charge in [-0.1, -0.05) is 0 Å². The Morgan fingerprint density at radius 1 is 1.35 bits per heavy atom. The van der Waals surface area contributed by atoms with E-state index < -0.39 is 0 Å². The number of anilines is 1. The van der Waals surface area contributed by atoms with Gasteiger partial charge in [0.2, 0.25) is 0 Å². The number of hydrogen-bond donors (Lipinski definition) is 1. The summed E-state index contributed by atoms with van der Waals surface area (Å²) >= 11 is 0. The van der Waals surface area contributed by atoms with Crippen molar-refractivity contribution in [3.05, 3.63) is 17.6 Å². The van der Waals surface area contributed by atoms with Crippen LogP contribution < -0.4 is 10.6 Å². The first-order valence-corrected chi connectivity index (χ1v) is 6.49. The summed E-state index contributed by atoms with van der Waals surface area (Å²) in [5, 5.41) is 0. The molecule has 1 aromatic rings. The molecule has 0 spiro atoms. The Balaban J connectivity index is 2.25. The second-order valence-corrected chi connectivity index (χ2v) is 4.87. The molecule has 0 saturated carbocycles. The van der Waals surface area contributed by atoms with Gasteiger partial charge in [-0.2, -0.15) is 0 Å². The highest BCUT2D eigenvalue weighted by Crippen LogP contribution is 2.27. The minimum atomic E-state index is 0.431. The third kappa shape index (κ3) is 2.57. The van der Waals surface area contributed by atoms with Crippen molar-refractivity contribution in [2.24, 2.45) is 5.73 Å². The standard InChI is InChI=1S/C13H22N4/c1-10(7-8-14)17(2)13-11-5-3-4-6-12(11)15-9-16-13/h9-10H,3-8,14H2,1-2H3. The van der Waals surface area contributed by atoms with E-state index in [1.807, 2.05) is 0 Å². The van der Waals surface area contributed by atoms with Crippen LogP contribution in [0.5, 0.6) is 0 Å². The highest BCUT2D eigenvalue weighted by Gasteiger charge is 2.20. The van der Waals surface area contributed by atoms with E-state index in [4.69, 9.17) is 5.73 Å². The van der Waals surface area contributed by atoms with Crippen molar-refractivity contribution in [3.63, 3.8) is 0 Å². The van der Waals surface area contributed by atoms with Crippen LogP contribution in [-0.4, -0.2) is 29.6 Å². The Labute approximate surface area is 103 Å². The van der Waals surface area contributed by atoms with Crippen LogP contribution in [0.3, 0.4) is 0 Å². The first-order valence-electron chi connectivity index (χ1n) is 6.49. The molecule has 0 aliphatic heterocycles. The molecular formula is C13H22N4. The Bertz CT molecular complexity index is 378. The van der Waals surface area contributed by atoms with E-state index in [9.17, 15) is 0 Å². The van der Waals surface area contributed by atoms with Gasteiger partial charge in [-0.3, -0.25) is 0 Å². The first kappa shape index (κ1) is 12.3. The number of aryl methyl sites for hydroxylation is 1. The lowest BCUT2D eigenvalue weighted by Crippen LogP contribution is -2.33. The van der Waals surface area contributed by atoms with Gasteiger partial charge in [-0.25, -0.2) is 9.97 Å². The number of nitrogens with zero attached hydrogens (tertiary/aromatic N) is 3. The largest absolute Gasteiger partial charge is 0.357 e. The molecule has 2 N–H and O–H groups in total. The van der Waals surface area contributed by atoms with Crippen LogP contribution in [0.15, 0.2) is 6.33 Å². The summed E-state index contributed by atoms with van der Waals surface area (Å²) in [5.74, 6) is 1.11. The third-order valence-electron chi connectivity index (χ3n) is 3.68. The van der Waals surface area contributed by atoms with Crippen LogP contribution >= 0.6 is 0 Å². The van der Waals surface area contributed by atoms with Crippen LogP contribution in [0, 0.1) is 0 Å². The normalized spacial score (nSPS) is 16.4. The monoisotopic (exact) mass is 234 g/mol. The van der Waals surface area contributed by atoms with Gasteiger partial charge in [-0.15, -0.1) is 0 Å². The van der Waals surface area contributed by atoms with E-state index in [0.717, 1.165) is 31.6 Å². The lowest BCUT2D eigenvalue weighted by atomic mass is 9.96. The Hall–Kier alpha value is -1.16. The zero-order valence-electron chi connectivity index (χ0n) is 10.8. The molecule has 0 bridgehead atoms. The molecule has 1 atom stereocenters. The molecular weight excluding hydrogens is 212 g/mol. The van der Waals surface area contributed by atoms with Gasteiger partial charge < -0.3 is 10.6 Å². The van der Waals surface area contributed by atoms with Crippen LogP contribution in [0.25, 0.3) is 0 Å². The van der Waals surface area contributed by atoms with E-state index in [1.165, 1.54) is 24.1 Å². The van der Waals surface area contributed by atoms with Gasteiger partial charge in [0.1, 0.15) is 12.1 Å². The number of hydrogen-bond acceptors (Lipinski definition) is 4. The highest BCUT2D eigenvalue weighted by molar-refractivity contribution is 5.49. The number of aromatic nitrogens is 2. The number of fused-ring (bicyclic) bond motifs is 1. The number of rotatable bonds is 4. The fraction of sp³-hybridized carbons (Fsp3) is 0.692. The smallest absolute Gasteiger partial charge is 0.135 e. The van der Waals surface area contributed by atoms with Gasteiger partial charge in [-0.05, 0) is 45.6 Å². The summed E-state index contributed by atoms with van der Waals surface area (Å²) in [7, 11) is 2.11. The van der Waals surface area contributed by atoms with Gasteiger partial charge in [0.25, 0.3) is 0 Å². The van der Waals surface area contributed by atoms with Crippen molar-refractivity contribution < 1.29 is 0 Å². The summed E-state index contributed by atoms with van der Waals surface area (Å²) in [6.07, 6.45) is 7.42. The Morgan fingerprint density at radius 2 is 2.12 bits per heavy atom. The molecule has 1 aliphatic rings. The molecule has 1 aliphatic carbocycles. The Morgan fingerprint density at radius 3 is 2.88 bits per heavy atom. The minimum Gasteiger partial charge on any atom is -0.357 e. The minimum absolute atomic E-state index is 0.431. The molecule has 0 radical (unpaired) electrons. The molecule has 0 fully saturated rings. The van der Waals surface area contributed by atoms with E-state index in [1.54, 1.807) is 6.33 Å². The van der Waals surface area contributed by atoms with E-state index >= 15 is 0 Å². The average molecular weight is 234 g/mol. The van der Waals surface area contributed by atoms with Gasteiger partial charge in [0, 0.05) is 24.3 Å². The average Bonchev–Trinajstić information content (AvgIpc) is 2.37. The van der Waals surface area contributed by atoms with Crippen molar-refractivity contribution >= 4 is 5.82 Å².